The SMILES string of the molecule is Cc1nc(O)c(NCc2ccccc2)c(=O)[nH]1. The highest BCUT2D eigenvalue weighted by Gasteiger charge is 2.08. The van der Waals surface area contributed by atoms with Crippen LogP contribution in [0.2, 0.25) is 0 Å². The Morgan fingerprint density at radius 1 is 1.35 bits per heavy atom. The molecule has 0 aliphatic rings. The zero-order valence-corrected chi connectivity index (χ0v) is 9.40. The van der Waals surface area contributed by atoms with Gasteiger partial charge >= 0.3 is 0 Å². The lowest BCUT2D eigenvalue weighted by Gasteiger charge is -2.07. The Morgan fingerprint density at radius 2 is 2.06 bits per heavy atom. The van der Waals surface area contributed by atoms with Crippen molar-refractivity contribution in [1.82, 2.24) is 9.97 Å². The van der Waals surface area contributed by atoms with E-state index in [-0.39, 0.29) is 17.1 Å². The largest absolute Gasteiger partial charge is 0.492 e. The second kappa shape index (κ2) is 4.69. The molecule has 0 saturated heterocycles. The summed E-state index contributed by atoms with van der Waals surface area (Å²) in [5.41, 5.74) is 0.747. The van der Waals surface area contributed by atoms with Crippen molar-refractivity contribution in [2.75, 3.05) is 5.32 Å². The minimum absolute atomic E-state index is 0.0967. The van der Waals surface area contributed by atoms with Crippen LogP contribution < -0.4 is 10.9 Å². The number of benzene rings is 1. The van der Waals surface area contributed by atoms with Crippen LogP contribution >= 0.6 is 0 Å². The van der Waals surface area contributed by atoms with E-state index in [0.29, 0.717) is 12.4 Å². The summed E-state index contributed by atoms with van der Waals surface area (Å²) in [6, 6.07) is 9.60. The Morgan fingerprint density at radius 3 is 2.71 bits per heavy atom. The first-order valence-electron chi connectivity index (χ1n) is 5.24. The van der Waals surface area contributed by atoms with Gasteiger partial charge in [-0.15, -0.1) is 0 Å². The van der Waals surface area contributed by atoms with Gasteiger partial charge in [-0.2, -0.15) is 4.98 Å². The molecule has 5 heteroatoms. The molecule has 0 saturated carbocycles. The number of nitrogens with zero attached hydrogens (tertiary/aromatic N) is 1. The van der Waals surface area contributed by atoms with Gasteiger partial charge in [0.05, 0.1) is 0 Å². The van der Waals surface area contributed by atoms with Crippen molar-refractivity contribution < 1.29 is 5.11 Å². The highest BCUT2D eigenvalue weighted by atomic mass is 16.3. The van der Waals surface area contributed by atoms with E-state index in [1.54, 1.807) is 6.92 Å². The van der Waals surface area contributed by atoms with Crippen LogP contribution in [-0.4, -0.2) is 15.1 Å². The van der Waals surface area contributed by atoms with Crippen LogP contribution in [0, 0.1) is 6.92 Å². The molecule has 1 heterocycles. The van der Waals surface area contributed by atoms with E-state index in [1.807, 2.05) is 30.3 Å². The Balaban J connectivity index is 2.18. The maximum Gasteiger partial charge on any atom is 0.278 e. The van der Waals surface area contributed by atoms with Gasteiger partial charge < -0.3 is 15.4 Å². The molecule has 0 aliphatic heterocycles. The zero-order valence-electron chi connectivity index (χ0n) is 9.40. The number of hydrogen-bond donors (Lipinski definition) is 3. The molecule has 17 heavy (non-hydrogen) atoms. The number of aromatic amines is 1. The Hall–Kier alpha value is -2.30. The van der Waals surface area contributed by atoms with E-state index < -0.39 is 0 Å². The summed E-state index contributed by atoms with van der Waals surface area (Å²) >= 11 is 0. The van der Waals surface area contributed by atoms with Crippen molar-refractivity contribution in [2.45, 2.75) is 13.5 Å². The first-order valence-corrected chi connectivity index (χ1v) is 5.24. The maximum absolute atomic E-state index is 11.6. The lowest BCUT2D eigenvalue weighted by atomic mass is 10.2. The quantitative estimate of drug-likeness (QED) is 0.746. The van der Waals surface area contributed by atoms with Crippen molar-refractivity contribution in [1.29, 1.82) is 0 Å². The smallest absolute Gasteiger partial charge is 0.278 e. The molecule has 3 N–H and O–H groups in total. The molecule has 0 aliphatic carbocycles. The summed E-state index contributed by atoms with van der Waals surface area (Å²) in [4.78, 5) is 17.9. The van der Waals surface area contributed by atoms with E-state index in [4.69, 9.17) is 0 Å². The second-order valence-corrected chi connectivity index (χ2v) is 3.69. The van der Waals surface area contributed by atoms with Crippen molar-refractivity contribution in [3.05, 3.63) is 52.1 Å². The number of aromatic nitrogens is 2. The van der Waals surface area contributed by atoms with E-state index in [2.05, 4.69) is 15.3 Å². The molecular formula is C12H13N3O2. The first kappa shape index (κ1) is 11.2. The van der Waals surface area contributed by atoms with Crippen molar-refractivity contribution in [3.63, 3.8) is 0 Å². The van der Waals surface area contributed by atoms with Gasteiger partial charge in [-0.25, -0.2) is 0 Å². The number of H-pyrrole nitrogens is 1. The molecule has 88 valence electrons. The monoisotopic (exact) mass is 231 g/mol. The fourth-order valence-corrected chi connectivity index (χ4v) is 1.52. The van der Waals surface area contributed by atoms with Crippen molar-refractivity contribution in [2.24, 2.45) is 0 Å². The molecule has 0 unspecified atom stereocenters. The summed E-state index contributed by atoms with van der Waals surface area (Å²) in [6.07, 6.45) is 0. The van der Waals surface area contributed by atoms with Crippen molar-refractivity contribution >= 4 is 5.69 Å². The lowest BCUT2D eigenvalue weighted by molar-refractivity contribution is 0.451. The van der Waals surface area contributed by atoms with Gasteiger partial charge in [0.25, 0.3) is 5.56 Å². The standard InChI is InChI=1S/C12H13N3O2/c1-8-14-11(16)10(12(17)15-8)13-7-9-5-3-2-4-6-9/h2-6,13H,7H2,1H3,(H2,14,15,16,17). The van der Waals surface area contributed by atoms with E-state index in [0.717, 1.165) is 5.56 Å². The van der Waals surface area contributed by atoms with Gasteiger partial charge in [-0.3, -0.25) is 4.79 Å². The number of hydrogen-bond acceptors (Lipinski definition) is 4. The molecule has 0 fully saturated rings. The molecular weight excluding hydrogens is 218 g/mol. The fraction of sp³-hybridized carbons (Fsp3) is 0.167. The third-order valence-corrected chi connectivity index (χ3v) is 2.33. The molecule has 5 nitrogen and oxygen atoms in total. The van der Waals surface area contributed by atoms with E-state index in [1.165, 1.54) is 0 Å². The Labute approximate surface area is 98.2 Å². The van der Waals surface area contributed by atoms with E-state index in [9.17, 15) is 9.90 Å². The van der Waals surface area contributed by atoms with Crippen LogP contribution in [0.3, 0.4) is 0 Å². The van der Waals surface area contributed by atoms with Gasteiger partial charge in [0.15, 0.2) is 5.69 Å². The number of anilines is 1. The van der Waals surface area contributed by atoms with Gasteiger partial charge in [0.2, 0.25) is 5.88 Å². The minimum atomic E-state index is -0.370. The predicted octanol–water partition coefficient (Wildman–Crippen LogP) is 1.40. The molecule has 1 aromatic carbocycles. The topological polar surface area (TPSA) is 78.0 Å². The van der Waals surface area contributed by atoms with Crippen LogP contribution in [0.25, 0.3) is 0 Å². The zero-order chi connectivity index (χ0) is 12.3. The summed E-state index contributed by atoms with van der Waals surface area (Å²) < 4.78 is 0. The number of aryl methyl sites for hydroxylation is 1. The molecule has 0 spiro atoms. The molecule has 0 amide bonds. The van der Waals surface area contributed by atoms with Gasteiger partial charge in [0, 0.05) is 6.54 Å². The number of aromatic hydroxyl groups is 1. The fourth-order valence-electron chi connectivity index (χ4n) is 1.52. The summed E-state index contributed by atoms with van der Waals surface area (Å²) in [7, 11) is 0. The van der Waals surface area contributed by atoms with Crippen LogP contribution in [0.15, 0.2) is 35.1 Å². The van der Waals surface area contributed by atoms with E-state index >= 15 is 0 Å². The molecule has 0 atom stereocenters. The van der Waals surface area contributed by atoms with Gasteiger partial charge in [-0.1, -0.05) is 30.3 Å². The third kappa shape index (κ3) is 2.63. The van der Waals surface area contributed by atoms with Gasteiger partial charge in [0.1, 0.15) is 5.82 Å². The summed E-state index contributed by atoms with van der Waals surface area (Å²) in [6.45, 7) is 2.07. The van der Waals surface area contributed by atoms with Crippen LogP contribution in [-0.2, 0) is 6.54 Å². The third-order valence-electron chi connectivity index (χ3n) is 2.33. The highest BCUT2D eigenvalue weighted by molar-refractivity contribution is 5.50. The number of nitrogens with one attached hydrogen (secondary N) is 2. The number of rotatable bonds is 3. The van der Waals surface area contributed by atoms with Crippen molar-refractivity contribution in [3.8, 4) is 5.88 Å². The van der Waals surface area contributed by atoms with Gasteiger partial charge in [-0.05, 0) is 12.5 Å². The molecule has 0 radical (unpaired) electrons. The molecule has 0 bridgehead atoms. The predicted molar refractivity (Wildman–Crippen MR) is 65.0 cm³/mol. The Bertz CT molecular complexity index is 564. The van der Waals surface area contributed by atoms with Crippen LogP contribution in [0.4, 0.5) is 5.69 Å². The van der Waals surface area contributed by atoms with Crippen LogP contribution in [0.5, 0.6) is 5.88 Å². The first-order chi connectivity index (χ1) is 8.16. The minimum Gasteiger partial charge on any atom is -0.492 e. The second-order valence-electron chi connectivity index (χ2n) is 3.69. The van der Waals surface area contributed by atoms with Crippen LogP contribution in [0.1, 0.15) is 11.4 Å². The highest BCUT2D eigenvalue weighted by Crippen LogP contribution is 2.14. The molecule has 2 rings (SSSR count). The average molecular weight is 231 g/mol. The summed E-state index contributed by atoms with van der Waals surface area (Å²) in [5.74, 6) is 0.111. The molecule has 2 aromatic rings. The Kier molecular flexibility index (Phi) is 3.09. The average Bonchev–Trinajstić information content (AvgIpc) is 2.29. The maximum atomic E-state index is 11.6. The molecule has 1 aromatic heterocycles. The normalized spacial score (nSPS) is 10.2. The summed E-state index contributed by atoms with van der Waals surface area (Å²) in [5, 5.41) is 12.4. The lowest BCUT2D eigenvalue weighted by Crippen LogP contribution is -2.16.